The van der Waals surface area contributed by atoms with E-state index in [4.69, 9.17) is 0 Å². The zero-order valence-electron chi connectivity index (χ0n) is 22.7. The third-order valence-corrected chi connectivity index (χ3v) is 9.20. The lowest BCUT2D eigenvalue weighted by Gasteiger charge is -2.24. The predicted molar refractivity (Wildman–Crippen MR) is 173 cm³/mol. The third-order valence-electron chi connectivity index (χ3n) is 9.20. The van der Waals surface area contributed by atoms with E-state index in [1.165, 1.54) is 103 Å². The van der Waals surface area contributed by atoms with Crippen LogP contribution in [0.25, 0.3) is 65.3 Å². The molecule has 7 aromatic carbocycles. The van der Waals surface area contributed by atoms with Crippen LogP contribution in [0, 0.1) is 0 Å². The first-order chi connectivity index (χ1) is 19.8. The van der Waals surface area contributed by atoms with Gasteiger partial charge >= 0.3 is 0 Å². The van der Waals surface area contributed by atoms with Crippen molar-refractivity contribution in [2.75, 3.05) is 0 Å². The van der Waals surface area contributed by atoms with Crippen LogP contribution in [0.4, 0.5) is 0 Å². The van der Waals surface area contributed by atoms with Crippen LogP contribution in [0.5, 0.6) is 0 Å². The fourth-order valence-corrected chi connectivity index (χ4v) is 7.20. The van der Waals surface area contributed by atoms with E-state index < -0.39 is 0 Å². The van der Waals surface area contributed by atoms with Gasteiger partial charge in [-0.1, -0.05) is 135 Å². The first-order valence-corrected chi connectivity index (χ1v) is 14.8. The Balaban J connectivity index is 1.48. The maximum atomic E-state index is 2.55. The van der Waals surface area contributed by atoms with Crippen LogP contribution >= 0.6 is 0 Å². The summed E-state index contributed by atoms with van der Waals surface area (Å²) in [6.45, 7) is 0. The molecular weight excluding hydrogens is 480 g/mol. The van der Waals surface area contributed by atoms with E-state index in [0.29, 0.717) is 5.92 Å². The summed E-state index contributed by atoms with van der Waals surface area (Å²) in [6, 6.07) is 47.8. The maximum Gasteiger partial charge on any atom is -0.00260 e. The number of hydrogen-bond acceptors (Lipinski definition) is 0. The van der Waals surface area contributed by atoms with Crippen LogP contribution in [-0.2, 0) is 0 Å². The van der Waals surface area contributed by atoms with E-state index in [9.17, 15) is 0 Å². The van der Waals surface area contributed by atoms with Gasteiger partial charge in [-0.2, -0.15) is 0 Å². The molecule has 0 amide bonds. The summed E-state index contributed by atoms with van der Waals surface area (Å²) in [5.74, 6) is 0.665. The molecule has 0 bridgehead atoms. The van der Waals surface area contributed by atoms with Crippen molar-refractivity contribution in [1.82, 2.24) is 0 Å². The lowest BCUT2D eigenvalue weighted by Crippen LogP contribution is -2.04. The Morgan fingerprint density at radius 3 is 1.48 bits per heavy atom. The second-order valence-corrected chi connectivity index (χ2v) is 11.6. The molecule has 0 heteroatoms. The molecule has 1 saturated carbocycles. The summed E-state index contributed by atoms with van der Waals surface area (Å²) in [6.07, 6.45) is 6.69. The Kier molecular flexibility index (Phi) is 5.66. The summed E-state index contributed by atoms with van der Waals surface area (Å²) in [7, 11) is 0. The molecule has 0 atom stereocenters. The van der Waals surface area contributed by atoms with Crippen molar-refractivity contribution in [1.29, 1.82) is 0 Å². The fourth-order valence-electron chi connectivity index (χ4n) is 7.20. The van der Waals surface area contributed by atoms with Gasteiger partial charge in [-0.25, -0.2) is 0 Å². The van der Waals surface area contributed by atoms with Crippen molar-refractivity contribution in [3.8, 4) is 22.3 Å². The van der Waals surface area contributed by atoms with Gasteiger partial charge in [0.25, 0.3) is 0 Å². The van der Waals surface area contributed by atoms with E-state index in [1.54, 1.807) is 0 Å². The molecule has 1 fully saturated rings. The maximum absolute atomic E-state index is 2.55. The lowest BCUT2D eigenvalue weighted by molar-refractivity contribution is 0.444. The Labute approximate surface area is 235 Å². The second-order valence-electron chi connectivity index (χ2n) is 11.6. The molecule has 40 heavy (non-hydrogen) atoms. The lowest BCUT2D eigenvalue weighted by atomic mass is 9.80. The SMILES string of the molecule is c1ccc2cc(-c3c4ccccc4c(-c4ccc5ccccc5c4)c4cc(C5CCCCC5)ccc34)ccc2c1. The van der Waals surface area contributed by atoms with E-state index in [0.717, 1.165) is 0 Å². The number of rotatable bonds is 3. The molecule has 192 valence electrons. The highest BCUT2D eigenvalue weighted by Gasteiger charge is 2.20. The van der Waals surface area contributed by atoms with Crippen LogP contribution in [0.2, 0.25) is 0 Å². The highest BCUT2D eigenvalue weighted by molar-refractivity contribution is 6.22. The first kappa shape index (κ1) is 23.5. The Morgan fingerprint density at radius 1 is 0.375 bits per heavy atom. The molecule has 0 heterocycles. The number of hydrogen-bond donors (Lipinski definition) is 0. The summed E-state index contributed by atoms with van der Waals surface area (Å²) in [5.41, 5.74) is 6.80. The van der Waals surface area contributed by atoms with Gasteiger partial charge in [0.05, 0.1) is 0 Å². The van der Waals surface area contributed by atoms with Gasteiger partial charge in [0, 0.05) is 0 Å². The monoisotopic (exact) mass is 512 g/mol. The largest absolute Gasteiger partial charge is 0.0616 e. The highest BCUT2D eigenvalue weighted by Crippen LogP contribution is 2.46. The van der Waals surface area contributed by atoms with Crippen LogP contribution in [0.15, 0.2) is 127 Å². The minimum Gasteiger partial charge on any atom is -0.0616 e. The molecule has 1 aliphatic rings. The van der Waals surface area contributed by atoms with Crippen LogP contribution in [-0.4, -0.2) is 0 Å². The van der Waals surface area contributed by atoms with Gasteiger partial charge in [0.2, 0.25) is 0 Å². The smallest absolute Gasteiger partial charge is 0.00260 e. The minimum atomic E-state index is 0.665. The molecule has 7 aromatic rings. The highest BCUT2D eigenvalue weighted by atomic mass is 14.2. The van der Waals surface area contributed by atoms with Gasteiger partial charge < -0.3 is 0 Å². The van der Waals surface area contributed by atoms with Crippen molar-refractivity contribution in [2.24, 2.45) is 0 Å². The van der Waals surface area contributed by atoms with E-state index >= 15 is 0 Å². The quantitative estimate of drug-likeness (QED) is 0.207. The molecule has 0 unspecified atom stereocenters. The Bertz CT molecular complexity index is 2040. The molecule has 0 nitrogen and oxygen atoms in total. The summed E-state index contributed by atoms with van der Waals surface area (Å²) < 4.78 is 0. The van der Waals surface area contributed by atoms with Gasteiger partial charge in [-0.15, -0.1) is 0 Å². The zero-order valence-corrected chi connectivity index (χ0v) is 22.7. The number of benzene rings is 7. The first-order valence-electron chi connectivity index (χ1n) is 14.8. The predicted octanol–water partition coefficient (Wildman–Crippen LogP) is 11.7. The van der Waals surface area contributed by atoms with Crippen molar-refractivity contribution < 1.29 is 0 Å². The average Bonchev–Trinajstić information content (AvgIpc) is 3.03. The standard InChI is InChI=1S/C40H32/c1-2-10-27(11-3-1)32-22-23-37-38(26-32)40(34-21-19-29-13-5-7-15-31(29)25-34)36-17-9-8-16-35(36)39(37)33-20-18-28-12-4-6-14-30(28)24-33/h4-9,12-27H,1-3,10-11H2. The summed E-state index contributed by atoms with van der Waals surface area (Å²) in [4.78, 5) is 0. The van der Waals surface area contributed by atoms with Crippen LogP contribution in [0.1, 0.15) is 43.6 Å². The topological polar surface area (TPSA) is 0 Å². The summed E-state index contributed by atoms with van der Waals surface area (Å²) in [5, 5.41) is 10.5. The van der Waals surface area contributed by atoms with Gasteiger partial charge in [-0.05, 0) is 102 Å². The normalized spacial score (nSPS) is 14.4. The van der Waals surface area contributed by atoms with E-state index in [2.05, 4.69) is 127 Å². The van der Waals surface area contributed by atoms with Crippen LogP contribution in [0.3, 0.4) is 0 Å². The minimum absolute atomic E-state index is 0.665. The fraction of sp³-hybridized carbons (Fsp3) is 0.150. The Hall–Kier alpha value is -4.42. The molecule has 1 aliphatic carbocycles. The molecule has 0 saturated heterocycles. The number of fused-ring (bicyclic) bond motifs is 4. The van der Waals surface area contributed by atoms with Gasteiger partial charge in [0.1, 0.15) is 0 Å². The van der Waals surface area contributed by atoms with E-state index in [-0.39, 0.29) is 0 Å². The zero-order chi connectivity index (χ0) is 26.5. The molecule has 0 N–H and O–H groups in total. The van der Waals surface area contributed by atoms with E-state index in [1.807, 2.05) is 0 Å². The third kappa shape index (κ3) is 3.90. The molecule has 0 aromatic heterocycles. The summed E-state index contributed by atoms with van der Waals surface area (Å²) >= 11 is 0. The van der Waals surface area contributed by atoms with Crippen molar-refractivity contribution in [3.05, 3.63) is 133 Å². The molecule has 8 rings (SSSR count). The Morgan fingerprint density at radius 2 is 0.875 bits per heavy atom. The van der Waals surface area contributed by atoms with Crippen LogP contribution < -0.4 is 0 Å². The molecule has 0 radical (unpaired) electrons. The van der Waals surface area contributed by atoms with Gasteiger partial charge in [-0.3, -0.25) is 0 Å². The van der Waals surface area contributed by atoms with Crippen molar-refractivity contribution in [3.63, 3.8) is 0 Å². The second kappa shape index (κ2) is 9.65. The van der Waals surface area contributed by atoms with Crippen molar-refractivity contribution in [2.45, 2.75) is 38.0 Å². The van der Waals surface area contributed by atoms with Crippen molar-refractivity contribution >= 4 is 43.1 Å². The molecular formula is C40H32. The molecule has 0 spiro atoms. The molecule has 0 aliphatic heterocycles. The average molecular weight is 513 g/mol. The van der Waals surface area contributed by atoms with Gasteiger partial charge in [0.15, 0.2) is 0 Å².